The number of hydrogen-bond acceptors (Lipinski definition) is 0. The molecule has 0 fully saturated rings. The van der Waals surface area contributed by atoms with Crippen LogP contribution in [0.25, 0.3) is 76.1 Å². The molecular weight excluding hydrogens is 1220 g/mol. The zero-order chi connectivity index (χ0) is 75.9. The van der Waals surface area contributed by atoms with E-state index in [1.54, 1.807) is 27.9 Å². The van der Waals surface area contributed by atoms with Gasteiger partial charge in [-0.25, -0.2) is 0 Å². The predicted molar refractivity (Wildman–Crippen MR) is 465 cm³/mol. The molecule has 0 unspecified atom stereocenters. The highest BCUT2D eigenvalue weighted by molar-refractivity contribution is 7.89. The molecule has 22 radical (unpaired) electrons. The Morgan fingerprint density at radius 1 is 0.282 bits per heavy atom. The molecule has 8 aromatic carbocycles. The van der Waals surface area contributed by atoms with Crippen molar-refractivity contribution in [3.05, 3.63) is 111 Å². The Bertz CT molecular complexity index is 6120. The van der Waals surface area contributed by atoms with Gasteiger partial charge >= 0.3 is 0 Å². The molecule has 8 rings (SSSR count). The van der Waals surface area contributed by atoms with Gasteiger partial charge in [-0.1, -0.05) is 69.3 Å². The molecule has 0 amide bonds. The summed E-state index contributed by atoms with van der Waals surface area (Å²) >= 11 is 0. The molecule has 0 N–H and O–H groups in total. The van der Waals surface area contributed by atoms with E-state index in [1.807, 2.05) is 13.8 Å². The molecule has 0 saturated heterocycles. The number of fused-ring (bicyclic) bond motifs is 6. The SMILES string of the molecule is [B][B]B([B])B(B([B])[B])c1c(B(B([B])[B])B([B])[B])c(C)c(C)c2c(C)c(-c3c4c(C)c(C)c(C)c(C)c4c(C)c4c(-c5c(C)c6c(C)c(C)c(C#CC)c(C#CC#C)c6c6c(C#CC#CC)c(C#CC#CC#C)c(C#CC#CC#CC)c(C#CC#CC#CC#C)c56)c(C)c(C)c(C)c34)c([B][B])c([B])c12. The molecule has 103 heavy (non-hydrogen) atoms. The van der Waals surface area contributed by atoms with E-state index < -0.39 is 38.5 Å². The van der Waals surface area contributed by atoms with E-state index in [2.05, 4.69) is 243 Å². The maximum Gasteiger partial charge on any atom is 0.113 e. The molecule has 0 spiro atoms. The van der Waals surface area contributed by atoms with Gasteiger partial charge in [0.1, 0.15) is 7.85 Å². The fourth-order valence-electron chi connectivity index (χ4n) is 15.2. The van der Waals surface area contributed by atoms with Crippen molar-refractivity contribution in [1.29, 1.82) is 0 Å². The Labute approximate surface area is 631 Å². The minimum absolute atomic E-state index is 0.310. The summed E-state index contributed by atoms with van der Waals surface area (Å²) in [4.78, 5) is 0. The summed E-state index contributed by atoms with van der Waals surface area (Å²) in [7, 11) is 72.1. The van der Waals surface area contributed by atoms with Crippen LogP contribution in [0.4, 0.5) is 0 Å². The third-order valence-electron chi connectivity index (χ3n) is 20.3. The normalized spacial score (nSPS) is 9.61. The maximum absolute atomic E-state index is 7.98. The van der Waals surface area contributed by atoms with Gasteiger partial charge in [-0.05, 0) is 357 Å². The van der Waals surface area contributed by atoms with Gasteiger partial charge in [0.25, 0.3) is 0 Å². The van der Waals surface area contributed by atoms with Gasteiger partial charge in [-0.3, -0.25) is 0 Å². The fraction of sp³-hybridized carbons (Fsp3) is 0.200. The Morgan fingerprint density at radius 3 is 1.17 bits per heavy atom. The first-order valence-corrected chi connectivity index (χ1v) is 33.2. The molecule has 0 aliphatic rings. The molecular formula is C85H54B18. The average Bonchev–Trinajstić information content (AvgIpc) is 0.686. The van der Waals surface area contributed by atoms with Crippen LogP contribution in [0.15, 0.2) is 0 Å². The highest BCUT2D eigenvalue weighted by Gasteiger charge is 2.39. The standard InChI is InChI=1S/C85H54B18/c1-21-27-32-35-37-41-47-66-63(45-40-36-33-28-22-2)64(44-39-34-29-23-3)67(46-38-30-24-4)79-77-65(43-31-25-5)62(42-26-6)51(10)56(15)69(77)60(19)75(78(66)79)72-54(13)50(9)55(14)73-74(72)59(18)68-52(11)48(7)49(8)53(12)71(68)80(73)76-61(20)70-57(16)58(17)84(98(100(89)90)101(91)92)85(81(70)82(86)83(76)96-87)99(102(93)94)103(95)97-88/h1,3,5H,2,4,6-20H3. The maximum atomic E-state index is 7.98. The second kappa shape index (κ2) is 33.2. The summed E-state index contributed by atoms with van der Waals surface area (Å²) in [6.45, 7) is 33.4. The molecule has 0 aliphatic heterocycles. The van der Waals surface area contributed by atoms with Gasteiger partial charge in [0, 0.05) is 130 Å². The van der Waals surface area contributed by atoms with E-state index in [1.165, 1.54) is 7.06 Å². The number of terminal acetylenes is 3. The minimum atomic E-state index is -1.09. The van der Waals surface area contributed by atoms with Crippen LogP contribution in [-0.2, 0) is 0 Å². The van der Waals surface area contributed by atoms with Crippen molar-refractivity contribution in [3.63, 3.8) is 0 Å². The molecule has 0 aromatic heterocycles. The van der Waals surface area contributed by atoms with Crippen molar-refractivity contribution >= 4 is 206 Å². The number of benzene rings is 8. The van der Waals surface area contributed by atoms with Crippen molar-refractivity contribution < 1.29 is 0 Å². The van der Waals surface area contributed by atoms with E-state index in [0.717, 1.165) is 132 Å². The second-order valence-corrected chi connectivity index (χ2v) is 25.4. The van der Waals surface area contributed by atoms with Crippen LogP contribution in [0.1, 0.15) is 132 Å². The molecule has 448 valence electrons. The lowest BCUT2D eigenvalue weighted by atomic mass is 8.67. The lowest BCUT2D eigenvalue weighted by Gasteiger charge is -2.37. The largest absolute Gasteiger partial charge is 0.113 e. The van der Waals surface area contributed by atoms with E-state index in [0.29, 0.717) is 76.8 Å². The Morgan fingerprint density at radius 2 is 0.650 bits per heavy atom. The Hall–Kier alpha value is -10.4. The Balaban J connectivity index is 1.94. The summed E-state index contributed by atoms with van der Waals surface area (Å²) < 4.78 is 0. The third-order valence-corrected chi connectivity index (χ3v) is 20.3. The van der Waals surface area contributed by atoms with Gasteiger partial charge in [-0.15, -0.1) is 30.7 Å². The van der Waals surface area contributed by atoms with Gasteiger partial charge in [0.05, 0.1) is 42.4 Å². The zero-order valence-corrected chi connectivity index (χ0v) is 61.6. The topological polar surface area (TPSA) is 0 Å². The first-order chi connectivity index (χ1) is 49.1. The Kier molecular flexibility index (Phi) is 25.2. The molecule has 0 heterocycles. The summed E-state index contributed by atoms with van der Waals surface area (Å²) in [6.07, 6.45) is 13.3. The molecule has 8 aromatic rings. The number of aryl methyl sites for hydroxylation is 8. The number of hydrogen-bond donors (Lipinski definition) is 0. The lowest BCUT2D eigenvalue weighted by Crippen LogP contribution is -2.72. The summed E-state index contributed by atoms with van der Waals surface area (Å²) in [5.41, 5.74) is 21.5. The summed E-state index contributed by atoms with van der Waals surface area (Å²) in [5, 5.41) is 7.99. The van der Waals surface area contributed by atoms with Gasteiger partial charge < -0.3 is 0 Å². The first kappa shape index (κ1) is 78.4. The second-order valence-electron chi connectivity index (χ2n) is 25.4. The van der Waals surface area contributed by atoms with Crippen LogP contribution in [-0.4, -0.2) is 130 Å². The lowest BCUT2D eigenvalue weighted by molar-refractivity contribution is 1.24. The third kappa shape index (κ3) is 13.8. The fourth-order valence-corrected chi connectivity index (χ4v) is 15.2. The van der Waals surface area contributed by atoms with E-state index >= 15 is 0 Å². The highest BCUT2D eigenvalue weighted by Crippen LogP contribution is 2.54. The van der Waals surface area contributed by atoms with Crippen molar-refractivity contribution in [1.82, 2.24) is 0 Å². The monoisotopic (exact) mass is 1270 g/mol. The smallest absolute Gasteiger partial charge is 0.106 e. The summed E-state index contributed by atoms with van der Waals surface area (Å²) in [6, 6.07) is 0. The highest BCUT2D eigenvalue weighted by atomic mass is 14.3. The molecule has 0 saturated carbocycles. The van der Waals surface area contributed by atoms with E-state index in [4.69, 9.17) is 96.7 Å². The quantitative estimate of drug-likeness (QED) is 0.0680. The van der Waals surface area contributed by atoms with Gasteiger partial charge in [-0.2, -0.15) is 0 Å². The average molecular weight is 1270 g/mol. The molecule has 18 heteroatoms. The van der Waals surface area contributed by atoms with Gasteiger partial charge in [0.2, 0.25) is 0 Å². The zero-order valence-electron chi connectivity index (χ0n) is 61.6. The van der Waals surface area contributed by atoms with Crippen LogP contribution in [0.2, 0.25) is 0 Å². The van der Waals surface area contributed by atoms with Crippen LogP contribution >= 0.6 is 0 Å². The van der Waals surface area contributed by atoms with E-state index in [-0.39, 0.29) is 0 Å². The van der Waals surface area contributed by atoms with Crippen molar-refractivity contribution in [2.24, 2.45) is 0 Å². The van der Waals surface area contributed by atoms with Crippen molar-refractivity contribution in [3.8, 4) is 201 Å². The molecule has 0 bridgehead atoms. The van der Waals surface area contributed by atoms with E-state index in [9.17, 15) is 0 Å². The predicted octanol–water partition coefficient (Wildman–Crippen LogP) is 6.04. The molecule has 0 atom stereocenters. The number of rotatable bonds is 10. The molecule has 0 nitrogen and oxygen atoms in total. The first-order valence-electron chi connectivity index (χ1n) is 33.2. The molecule has 0 aliphatic carbocycles. The van der Waals surface area contributed by atoms with Crippen LogP contribution in [0.5, 0.6) is 0 Å². The van der Waals surface area contributed by atoms with Gasteiger partial charge in [0.15, 0.2) is 0 Å². The minimum Gasteiger partial charge on any atom is -0.106 e. The summed E-state index contributed by atoms with van der Waals surface area (Å²) in [5.74, 6) is 80.6. The van der Waals surface area contributed by atoms with Crippen LogP contribution in [0, 0.1) is 276 Å². The van der Waals surface area contributed by atoms with Crippen molar-refractivity contribution in [2.75, 3.05) is 0 Å². The van der Waals surface area contributed by atoms with Crippen molar-refractivity contribution in [2.45, 2.75) is 118 Å². The van der Waals surface area contributed by atoms with Crippen LogP contribution in [0.3, 0.4) is 0 Å². The van der Waals surface area contributed by atoms with Crippen LogP contribution < -0.4 is 21.9 Å².